The molecule has 1 fully saturated rings. The molecule has 0 radical (unpaired) electrons. The highest BCUT2D eigenvalue weighted by molar-refractivity contribution is 8.26. The Morgan fingerprint density at radius 3 is 2.49 bits per heavy atom. The lowest BCUT2D eigenvalue weighted by Gasteiger charge is -2.16. The number of ether oxygens (including phenoxy) is 1. The van der Waals surface area contributed by atoms with Gasteiger partial charge in [-0.15, -0.1) is 0 Å². The molecular formula is C25H19ClN2O6S3. The topological polar surface area (TPSA) is 102 Å². The second-order valence-corrected chi connectivity index (χ2v) is 11.3. The summed E-state index contributed by atoms with van der Waals surface area (Å²) in [6.07, 6.45) is 1.54. The van der Waals surface area contributed by atoms with Gasteiger partial charge >= 0.3 is 10.1 Å². The Balaban J connectivity index is 1.53. The molecular weight excluding hydrogens is 556 g/mol. The molecule has 0 aliphatic carbocycles. The maximum atomic E-state index is 13.0. The minimum atomic E-state index is -4.07. The van der Waals surface area contributed by atoms with Crippen LogP contribution in [0.1, 0.15) is 21.5 Å². The SMILES string of the molecule is COc1cc(/C=C2\SC(=S)N(NC(=O)c3ccc(C)cc3Cl)C2=O)ccc1OS(=O)(=O)c1ccccc1. The van der Waals surface area contributed by atoms with Gasteiger partial charge in [-0.05, 0) is 72.7 Å². The predicted octanol–water partition coefficient (Wildman–Crippen LogP) is 4.97. The summed E-state index contributed by atoms with van der Waals surface area (Å²) in [6, 6.07) is 17.2. The second kappa shape index (κ2) is 10.9. The lowest BCUT2D eigenvalue weighted by Crippen LogP contribution is -2.44. The van der Waals surface area contributed by atoms with Crippen LogP contribution in [0.2, 0.25) is 5.02 Å². The molecule has 190 valence electrons. The summed E-state index contributed by atoms with van der Waals surface area (Å²) in [5, 5.41) is 1.23. The molecule has 37 heavy (non-hydrogen) atoms. The third kappa shape index (κ3) is 5.96. The van der Waals surface area contributed by atoms with Crippen LogP contribution in [-0.2, 0) is 14.9 Å². The number of rotatable bonds is 7. The van der Waals surface area contributed by atoms with Gasteiger partial charge in [-0.3, -0.25) is 15.0 Å². The number of hydrazine groups is 1. The van der Waals surface area contributed by atoms with Crippen molar-refractivity contribution in [3.63, 3.8) is 0 Å². The number of nitrogens with one attached hydrogen (secondary N) is 1. The van der Waals surface area contributed by atoms with Crippen molar-refractivity contribution in [2.75, 3.05) is 7.11 Å². The van der Waals surface area contributed by atoms with Crippen molar-refractivity contribution in [1.29, 1.82) is 0 Å². The predicted molar refractivity (Wildman–Crippen MR) is 146 cm³/mol. The molecule has 1 saturated heterocycles. The molecule has 2 amide bonds. The molecule has 3 aromatic rings. The van der Waals surface area contributed by atoms with Crippen LogP contribution in [0, 0.1) is 6.92 Å². The van der Waals surface area contributed by atoms with Crippen LogP contribution in [0.15, 0.2) is 76.5 Å². The van der Waals surface area contributed by atoms with Crippen LogP contribution in [0.25, 0.3) is 6.08 Å². The summed E-state index contributed by atoms with van der Waals surface area (Å²) in [5.41, 5.74) is 4.11. The van der Waals surface area contributed by atoms with E-state index in [2.05, 4.69) is 5.43 Å². The van der Waals surface area contributed by atoms with E-state index in [0.29, 0.717) is 5.56 Å². The number of methoxy groups -OCH3 is 1. The first-order valence-electron chi connectivity index (χ1n) is 10.6. The van der Waals surface area contributed by atoms with E-state index < -0.39 is 21.9 Å². The molecule has 12 heteroatoms. The number of amides is 2. The molecule has 1 aliphatic rings. The Hall–Kier alpha value is -3.38. The number of halogens is 1. The summed E-state index contributed by atoms with van der Waals surface area (Å²) in [4.78, 5) is 25.9. The molecule has 4 rings (SSSR count). The maximum absolute atomic E-state index is 13.0. The summed E-state index contributed by atoms with van der Waals surface area (Å²) in [7, 11) is -2.70. The zero-order valence-electron chi connectivity index (χ0n) is 19.4. The van der Waals surface area contributed by atoms with Crippen molar-refractivity contribution >= 4 is 67.9 Å². The molecule has 3 aromatic carbocycles. The summed E-state index contributed by atoms with van der Waals surface area (Å²) < 4.78 is 35.9. The van der Waals surface area contributed by atoms with E-state index in [1.807, 2.05) is 6.92 Å². The van der Waals surface area contributed by atoms with E-state index >= 15 is 0 Å². The average Bonchev–Trinajstić information content (AvgIpc) is 3.12. The Bertz CT molecular complexity index is 1540. The Morgan fingerprint density at radius 1 is 1.08 bits per heavy atom. The van der Waals surface area contributed by atoms with Crippen molar-refractivity contribution in [1.82, 2.24) is 10.4 Å². The van der Waals surface area contributed by atoms with Crippen molar-refractivity contribution in [2.45, 2.75) is 11.8 Å². The minimum absolute atomic E-state index is 0.00113. The molecule has 1 N–H and O–H groups in total. The van der Waals surface area contributed by atoms with Gasteiger partial charge in [0.15, 0.2) is 15.8 Å². The zero-order valence-corrected chi connectivity index (χ0v) is 22.6. The monoisotopic (exact) mass is 574 g/mol. The van der Waals surface area contributed by atoms with Crippen molar-refractivity contribution in [3.05, 3.63) is 93.3 Å². The van der Waals surface area contributed by atoms with E-state index in [-0.39, 0.29) is 36.2 Å². The van der Waals surface area contributed by atoms with Gasteiger partial charge in [0, 0.05) is 0 Å². The zero-order chi connectivity index (χ0) is 26.7. The number of hydrogen-bond donors (Lipinski definition) is 1. The van der Waals surface area contributed by atoms with Gasteiger partial charge < -0.3 is 8.92 Å². The minimum Gasteiger partial charge on any atom is -0.493 e. The summed E-state index contributed by atoms with van der Waals surface area (Å²) in [6.45, 7) is 1.84. The fourth-order valence-electron chi connectivity index (χ4n) is 3.28. The molecule has 0 atom stereocenters. The van der Waals surface area contributed by atoms with Gasteiger partial charge in [-0.1, -0.05) is 53.7 Å². The molecule has 0 spiro atoms. The number of thioether (sulfide) groups is 1. The Labute approximate surface area is 228 Å². The number of hydrogen-bond acceptors (Lipinski definition) is 8. The molecule has 0 aromatic heterocycles. The van der Waals surface area contributed by atoms with Crippen LogP contribution in [0.3, 0.4) is 0 Å². The van der Waals surface area contributed by atoms with E-state index in [0.717, 1.165) is 22.3 Å². The number of nitrogens with zero attached hydrogens (tertiary/aromatic N) is 1. The van der Waals surface area contributed by atoms with Gasteiger partial charge in [-0.2, -0.15) is 13.4 Å². The first-order chi connectivity index (χ1) is 17.6. The van der Waals surface area contributed by atoms with E-state index in [1.165, 1.54) is 31.4 Å². The lowest BCUT2D eigenvalue weighted by molar-refractivity contribution is -0.123. The van der Waals surface area contributed by atoms with Gasteiger partial charge in [0.25, 0.3) is 11.8 Å². The average molecular weight is 575 g/mol. The van der Waals surface area contributed by atoms with Crippen LogP contribution >= 0.6 is 35.6 Å². The Morgan fingerprint density at radius 2 is 1.81 bits per heavy atom. The fraction of sp³-hybridized carbons (Fsp3) is 0.0800. The first-order valence-corrected chi connectivity index (χ1v) is 13.6. The molecule has 1 aliphatic heterocycles. The molecule has 1 heterocycles. The maximum Gasteiger partial charge on any atom is 0.339 e. The number of carbonyl (C=O) groups is 2. The third-order valence-electron chi connectivity index (χ3n) is 5.09. The normalized spacial score (nSPS) is 14.7. The molecule has 8 nitrogen and oxygen atoms in total. The first kappa shape index (κ1) is 26.7. The van der Waals surface area contributed by atoms with Crippen LogP contribution < -0.4 is 14.3 Å². The van der Waals surface area contributed by atoms with E-state index in [4.69, 9.17) is 32.7 Å². The van der Waals surface area contributed by atoms with Gasteiger partial charge in [0.05, 0.1) is 22.6 Å². The molecule has 0 bridgehead atoms. The smallest absolute Gasteiger partial charge is 0.339 e. The van der Waals surface area contributed by atoms with Gasteiger partial charge in [0.2, 0.25) is 0 Å². The fourth-order valence-corrected chi connectivity index (χ4v) is 5.74. The van der Waals surface area contributed by atoms with E-state index in [1.54, 1.807) is 48.5 Å². The van der Waals surface area contributed by atoms with Crippen LogP contribution in [0.4, 0.5) is 0 Å². The van der Waals surface area contributed by atoms with Crippen molar-refractivity contribution in [3.8, 4) is 11.5 Å². The largest absolute Gasteiger partial charge is 0.493 e. The number of carbonyl (C=O) groups excluding carboxylic acids is 2. The van der Waals surface area contributed by atoms with Crippen LogP contribution in [-0.4, -0.2) is 36.7 Å². The molecule has 0 saturated carbocycles. The number of thiocarbonyl (C=S) groups is 1. The standard InChI is InChI=1S/C25H19ClN2O6S3/c1-15-8-10-18(19(26)12-15)23(29)27-28-24(30)22(36-25(28)35)14-16-9-11-20(21(13-16)33-2)34-37(31,32)17-6-4-3-5-7-17/h3-14H,1-2H3,(H,27,29)/b22-14-. The summed E-state index contributed by atoms with van der Waals surface area (Å²) in [5.74, 6) is -0.979. The number of benzene rings is 3. The lowest BCUT2D eigenvalue weighted by atomic mass is 10.1. The highest BCUT2D eigenvalue weighted by Gasteiger charge is 2.34. The van der Waals surface area contributed by atoms with Crippen LogP contribution in [0.5, 0.6) is 11.5 Å². The number of aryl methyl sites for hydroxylation is 1. The second-order valence-electron chi connectivity index (χ2n) is 7.70. The van der Waals surface area contributed by atoms with Gasteiger partial charge in [-0.25, -0.2) is 0 Å². The quantitative estimate of drug-likeness (QED) is 0.240. The molecule has 0 unspecified atom stereocenters. The third-order valence-corrected chi connectivity index (χ3v) is 7.96. The Kier molecular flexibility index (Phi) is 7.88. The van der Waals surface area contributed by atoms with Crippen molar-refractivity contribution in [2.24, 2.45) is 0 Å². The highest BCUT2D eigenvalue weighted by Crippen LogP contribution is 2.35. The van der Waals surface area contributed by atoms with Crippen molar-refractivity contribution < 1.29 is 26.9 Å². The summed E-state index contributed by atoms with van der Waals surface area (Å²) >= 11 is 12.4. The van der Waals surface area contributed by atoms with Gasteiger partial charge in [0.1, 0.15) is 4.90 Å². The highest BCUT2D eigenvalue weighted by atomic mass is 35.5. The van der Waals surface area contributed by atoms with E-state index in [9.17, 15) is 18.0 Å².